The van der Waals surface area contributed by atoms with Crippen LogP contribution in [-0.2, 0) is 0 Å². The number of rotatable bonds is 3. The molecule has 1 heterocycles. The Balaban J connectivity index is 2.08. The largest absolute Gasteiger partial charge is 0.341 e. The van der Waals surface area contributed by atoms with Crippen LogP contribution in [0.4, 0.5) is 0 Å². The molecule has 0 aromatic carbocycles. The number of nitrogens with zero attached hydrogens (tertiary/aromatic N) is 1. The van der Waals surface area contributed by atoms with Crippen molar-refractivity contribution in [2.45, 2.75) is 26.7 Å². The average Bonchev–Trinajstić information content (AvgIpc) is 2.90. The van der Waals surface area contributed by atoms with Crippen LogP contribution in [-0.4, -0.2) is 24.4 Å². The lowest BCUT2D eigenvalue weighted by molar-refractivity contribution is 0.0788. The summed E-state index contributed by atoms with van der Waals surface area (Å²) in [5.74, 6) is 0.947. The second-order valence-corrected chi connectivity index (χ2v) is 5.92. The maximum Gasteiger partial charge on any atom is 0.254 e. The van der Waals surface area contributed by atoms with Crippen molar-refractivity contribution >= 4 is 17.2 Å². The molecule has 1 saturated carbocycles. The van der Waals surface area contributed by atoms with E-state index in [-0.39, 0.29) is 5.91 Å². The van der Waals surface area contributed by atoms with Crippen molar-refractivity contribution in [3.05, 3.63) is 21.4 Å². The fraction of sp³-hybridized carbons (Fsp3) is 0.583. The molecule has 0 unspecified atom stereocenters. The molecule has 1 aliphatic rings. The quantitative estimate of drug-likeness (QED) is 0.771. The summed E-state index contributed by atoms with van der Waals surface area (Å²) in [4.78, 5) is 16.3. The second kappa shape index (κ2) is 3.97. The lowest BCUT2D eigenvalue weighted by atomic mass is 10.2. The summed E-state index contributed by atoms with van der Waals surface area (Å²) in [6, 6.07) is 2.01. The highest BCUT2D eigenvalue weighted by atomic mass is 32.1. The molecule has 1 fully saturated rings. The number of hydrogen-bond acceptors (Lipinski definition) is 2. The average molecular weight is 223 g/mol. The van der Waals surface area contributed by atoms with Crippen molar-refractivity contribution in [3.63, 3.8) is 0 Å². The minimum absolute atomic E-state index is 0.184. The van der Waals surface area contributed by atoms with Gasteiger partial charge >= 0.3 is 0 Å². The summed E-state index contributed by atoms with van der Waals surface area (Å²) in [5, 5.41) is 0. The van der Waals surface area contributed by atoms with Crippen molar-refractivity contribution in [1.29, 1.82) is 0 Å². The third kappa shape index (κ3) is 2.40. The Labute approximate surface area is 94.9 Å². The zero-order valence-corrected chi connectivity index (χ0v) is 10.4. The topological polar surface area (TPSA) is 20.3 Å². The van der Waals surface area contributed by atoms with Gasteiger partial charge in [0, 0.05) is 23.3 Å². The maximum atomic E-state index is 12.1. The molecule has 3 heteroatoms. The van der Waals surface area contributed by atoms with Gasteiger partial charge in [-0.2, -0.15) is 0 Å². The predicted octanol–water partition coefficient (Wildman–Crippen LogP) is 2.85. The number of amides is 1. The normalized spacial score (nSPS) is 15.4. The first kappa shape index (κ1) is 10.7. The summed E-state index contributed by atoms with van der Waals surface area (Å²) < 4.78 is 0. The van der Waals surface area contributed by atoms with Crippen molar-refractivity contribution in [1.82, 2.24) is 4.90 Å². The third-order valence-corrected chi connectivity index (χ3v) is 3.81. The standard InChI is InChI=1S/C12H17NOS/c1-8-6-11(9(2)15-8)12(14)13(3)7-10-4-5-10/h6,10H,4-5,7H2,1-3H3. The predicted molar refractivity (Wildman–Crippen MR) is 63.5 cm³/mol. The summed E-state index contributed by atoms with van der Waals surface area (Å²) in [5.41, 5.74) is 0.889. The van der Waals surface area contributed by atoms with Gasteiger partial charge in [-0.15, -0.1) is 11.3 Å². The Morgan fingerprint density at radius 2 is 2.20 bits per heavy atom. The molecule has 0 N–H and O–H groups in total. The zero-order chi connectivity index (χ0) is 11.0. The van der Waals surface area contributed by atoms with E-state index in [0.717, 1.165) is 22.9 Å². The van der Waals surface area contributed by atoms with E-state index in [1.807, 2.05) is 24.9 Å². The van der Waals surface area contributed by atoms with Gasteiger partial charge in [-0.1, -0.05) is 0 Å². The molecule has 0 aliphatic heterocycles. The smallest absolute Gasteiger partial charge is 0.254 e. The fourth-order valence-corrected chi connectivity index (χ4v) is 2.74. The zero-order valence-electron chi connectivity index (χ0n) is 9.54. The highest BCUT2D eigenvalue weighted by molar-refractivity contribution is 7.12. The molecule has 0 atom stereocenters. The molecule has 2 nitrogen and oxygen atoms in total. The van der Waals surface area contributed by atoms with Gasteiger partial charge in [-0.3, -0.25) is 4.79 Å². The first-order valence-electron chi connectivity index (χ1n) is 5.40. The number of thiophene rings is 1. The van der Waals surface area contributed by atoms with E-state index in [1.54, 1.807) is 11.3 Å². The molecule has 1 aromatic heterocycles. The van der Waals surface area contributed by atoms with Crippen LogP contribution in [0.3, 0.4) is 0 Å². The minimum Gasteiger partial charge on any atom is -0.341 e. The SMILES string of the molecule is Cc1cc(C(=O)N(C)CC2CC2)c(C)s1. The Bertz CT molecular complexity index is 379. The van der Waals surface area contributed by atoms with Crippen molar-refractivity contribution < 1.29 is 4.79 Å². The van der Waals surface area contributed by atoms with E-state index in [2.05, 4.69) is 6.92 Å². The van der Waals surface area contributed by atoms with Crippen molar-refractivity contribution in [2.24, 2.45) is 5.92 Å². The number of carbonyl (C=O) groups is 1. The number of hydrogen-bond donors (Lipinski definition) is 0. The molecule has 1 aromatic rings. The minimum atomic E-state index is 0.184. The second-order valence-electron chi connectivity index (χ2n) is 4.46. The van der Waals surface area contributed by atoms with Crippen LogP contribution in [0, 0.1) is 19.8 Å². The molecule has 2 rings (SSSR count). The van der Waals surface area contributed by atoms with Gasteiger partial charge in [0.15, 0.2) is 0 Å². The fourth-order valence-electron chi connectivity index (χ4n) is 1.82. The Hall–Kier alpha value is -0.830. The van der Waals surface area contributed by atoms with Crippen LogP contribution in [0.25, 0.3) is 0 Å². The van der Waals surface area contributed by atoms with Crippen LogP contribution in [0.5, 0.6) is 0 Å². The first-order valence-corrected chi connectivity index (χ1v) is 6.22. The van der Waals surface area contributed by atoms with Crippen LogP contribution in [0.1, 0.15) is 33.0 Å². The molecular formula is C12H17NOS. The highest BCUT2D eigenvalue weighted by Crippen LogP contribution is 2.30. The molecular weight excluding hydrogens is 206 g/mol. The van der Waals surface area contributed by atoms with Crippen LogP contribution in [0.15, 0.2) is 6.07 Å². The Morgan fingerprint density at radius 3 is 2.67 bits per heavy atom. The summed E-state index contributed by atoms with van der Waals surface area (Å²) in [6.07, 6.45) is 2.58. The summed E-state index contributed by atoms with van der Waals surface area (Å²) in [6.45, 7) is 5.00. The van der Waals surface area contributed by atoms with Crippen LogP contribution >= 0.6 is 11.3 Å². The maximum absolute atomic E-state index is 12.1. The van der Waals surface area contributed by atoms with Crippen molar-refractivity contribution in [2.75, 3.05) is 13.6 Å². The monoisotopic (exact) mass is 223 g/mol. The third-order valence-electron chi connectivity index (χ3n) is 2.85. The van der Waals surface area contributed by atoms with E-state index in [9.17, 15) is 4.79 Å². The van der Waals surface area contributed by atoms with Gasteiger partial charge < -0.3 is 4.90 Å². The van der Waals surface area contributed by atoms with Gasteiger partial charge in [0.25, 0.3) is 5.91 Å². The van der Waals surface area contributed by atoms with E-state index in [1.165, 1.54) is 17.7 Å². The molecule has 0 radical (unpaired) electrons. The summed E-state index contributed by atoms with van der Waals surface area (Å²) >= 11 is 1.70. The molecule has 0 bridgehead atoms. The first-order chi connectivity index (χ1) is 7.08. The summed E-state index contributed by atoms with van der Waals surface area (Å²) in [7, 11) is 1.91. The Morgan fingerprint density at radius 1 is 1.53 bits per heavy atom. The number of aryl methyl sites for hydroxylation is 2. The number of carbonyl (C=O) groups excluding carboxylic acids is 1. The van der Waals surface area contributed by atoms with Crippen LogP contribution < -0.4 is 0 Å². The van der Waals surface area contributed by atoms with Crippen molar-refractivity contribution in [3.8, 4) is 0 Å². The lowest BCUT2D eigenvalue weighted by Gasteiger charge is -2.16. The van der Waals surface area contributed by atoms with Gasteiger partial charge in [-0.05, 0) is 38.7 Å². The molecule has 82 valence electrons. The molecule has 15 heavy (non-hydrogen) atoms. The van der Waals surface area contributed by atoms with Gasteiger partial charge in [-0.25, -0.2) is 0 Å². The lowest BCUT2D eigenvalue weighted by Crippen LogP contribution is -2.28. The molecule has 0 spiro atoms. The molecule has 1 amide bonds. The van der Waals surface area contributed by atoms with Gasteiger partial charge in [0.05, 0.1) is 5.56 Å². The highest BCUT2D eigenvalue weighted by Gasteiger charge is 2.26. The Kier molecular flexibility index (Phi) is 2.83. The van der Waals surface area contributed by atoms with E-state index in [0.29, 0.717) is 0 Å². The van der Waals surface area contributed by atoms with E-state index >= 15 is 0 Å². The van der Waals surface area contributed by atoms with Gasteiger partial charge in [0.1, 0.15) is 0 Å². The molecule has 1 aliphatic carbocycles. The van der Waals surface area contributed by atoms with E-state index in [4.69, 9.17) is 0 Å². The van der Waals surface area contributed by atoms with Gasteiger partial charge in [0.2, 0.25) is 0 Å². The molecule has 0 saturated heterocycles. The van der Waals surface area contributed by atoms with Crippen LogP contribution in [0.2, 0.25) is 0 Å². The van der Waals surface area contributed by atoms with E-state index < -0.39 is 0 Å².